The first-order valence-corrected chi connectivity index (χ1v) is 9.15. The van der Waals surface area contributed by atoms with Gasteiger partial charge in [-0.2, -0.15) is 13.2 Å². The molecule has 0 aromatic rings. The summed E-state index contributed by atoms with van der Waals surface area (Å²) in [6, 6.07) is 0. The smallest absolute Gasteiger partial charge is 0.309 e. The molecule has 3 aliphatic rings. The van der Waals surface area contributed by atoms with Crippen LogP contribution in [0.25, 0.3) is 0 Å². The first-order valence-electron chi connectivity index (χ1n) is 8.34. The fourth-order valence-electron chi connectivity index (χ4n) is 4.21. The minimum Gasteiger partial charge on any atom is -0.309 e. The number of carbonyl (C=O) groups excluding carboxylic acids is 1. The highest BCUT2D eigenvalue weighted by molar-refractivity contribution is 8.16. The predicted molar refractivity (Wildman–Crippen MR) is 85.5 cm³/mol. The van der Waals surface area contributed by atoms with Crippen LogP contribution in [0.3, 0.4) is 0 Å². The lowest BCUT2D eigenvalue weighted by atomic mass is 9.87. The van der Waals surface area contributed by atoms with Crippen LogP contribution in [-0.4, -0.2) is 35.0 Å². The molecule has 2 saturated carbocycles. The highest BCUT2D eigenvalue weighted by Crippen LogP contribution is 2.51. The molecule has 0 aromatic carbocycles. The zero-order chi connectivity index (χ0) is 16.7. The molecular weight excluding hydrogens is 325 g/mol. The Morgan fingerprint density at radius 1 is 1.35 bits per heavy atom. The third-order valence-electron chi connectivity index (χ3n) is 5.45. The van der Waals surface area contributed by atoms with Crippen molar-refractivity contribution >= 4 is 22.7 Å². The number of carbonyl (C=O) groups is 1. The van der Waals surface area contributed by atoms with E-state index in [-0.39, 0.29) is 12.5 Å². The Hall–Kier alpha value is -0.560. The molecule has 4 atom stereocenters. The zero-order valence-corrected chi connectivity index (χ0v) is 14.1. The maximum absolute atomic E-state index is 12.2. The summed E-state index contributed by atoms with van der Waals surface area (Å²) < 4.78 is 35.7. The Bertz CT molecular complexity index is 508. The summed E-state index contributed by atoms with van der Waals surface area (Å²) in [4.78, 5) is 16.4. The number of nitrogens with one attached hydrogen (secondary N) is 1. The molecule has 3 rings (SSSR count). The van der Waals surface area contributed by atoms with Crippen molar-refractivity contribution in [2.45, 2.75) is 56.4 Å². The average Bonchev–Trinajstić information content (AvgIpc) is 3.11. The van der Waals surface area contributed by atoms with E-state index < -0.39 is 17.5 Å². The van der Waals surface area contributed by atoms with Gasteiger partial charge in [0.05, 0.1) is 11.6 Å². The van der Waals surface area contributed by atoms with Crippen molar-refractivity contribution in [3.63, 3.8) is 0 Å². The van der Waals surface area contributed by atoms with E-state index in [1.807, 2.05) is 0 Å². The molecule has 2 fully saturated rings. The number of hydrogen-bond donors (Lipinski definition) is 1. The summed E-state index contributed by atoms with van der Waals surface area (Å²) in [5, 5.41) is 3.26. The largest absolute Gasteiger partial charge is 0.401 e. The van der Waals surface area contributed by atoms with E-state index in [1.54, 1.807) is 6.92 Å². The molecule has 1 heterocycles. The molecule has 1 aliphatic heterocycles. The highest BCUT2D eigenvalue weighted by Gasteiger charge is 2.44. The van der Waals surface area contributed by atoms with Crippen LogP contribution in [-0.2, 0) is 4.79 Å². The quantitative estimate of drug-likeness (QED) is 0.743. The number of hydrogen-bond acceptors (Lipinski definition) is 3. The fraction of sp³-hybridized carbons (Fsp3) is 0.875. The predicted octanol–water partition coefficient (Wildman–Crippen LogP) is 3.79. The van der Waals surface area contributed by atoms with Gasteiger partial charge < -0.3 is 5.32 Å². The van der Waals surface area contributed by atoms with Gasteiger partial charge in [-0.05, 0) is 63.3 Å². The van der Waals surface area contributed by atoms with Gasteiger partial charge in [-0.3, -0.25) is 4.79 Å². The molecule has 0 aromatic heterocycles. The number of fused-ring (bicyclic) bond motifs is 2. The van der Waals surface area contributed by atoms with E-state index in [2.05, 4.69) is 10.3 Å². The number of aliphatic imine (C=N–C) groups is 1. The number of thioether (sulfide) groups is 1. The molecule has 130 valence electrons. The fourth-order valence-corrected chi connectivity index (χ4v) is 5.49. The second kappa shape index (κ2) is 6.39. The Morgan fingerprint density at radius 2 is 2.13 bits per heavy atom. The number of amides is 1. The van der Waals surface area contributed by atoms with Crippen molar-refractivity contribution in [1.82, 2.24) is 5.32 Å². The summed E-state index contributed by atoms with van der Waals surface area (Å²) in [5.41, 5.74) is 0. The van der Waals surface area contributed by atoms with E-state index >= 15 is 0 Å². The molecule has 0 radical (unpaired) electrons. The van der Waals surface area contributed by atoms with Crippen LogP contribution >= 0.6 is 11.8 Å². The van der Waals surface area contributed by atoms with E-state index in [9.17, 15) is 18.0 Å². The van der Waals surface area contributed by atoms with Crippen LogP contribution < -0.4 is 5.32 Å². The molecule has 1 N–H and O–H groups in total. The van der Waals surface area contributed by atoms with E-state index in [1.165, 1.54) is 37.4 Å². The van der Waals surface area contributed by atoms with Crippen molar-refractivity contribution in [1.29, 1.82) is 0 Å². The van der Waals surface area contributed by atoms with Crippen LogP contribution in [0.1, 0.15) is 45.4 Å². The van der Waals surface area contributed by atoms with Crippen molar-refractivity contribution in [3.8, 4) is 0 Å². The third-order valence-corrected chi connectivity index (χ3v) is 6.77. The molecule has 4 unspecified atom stereocenters. The van der Waals surface area contributed by atoms with Gasteiger partial charge in [0.15, 0.2) is 0 Å². The van der Waals surface area contributed by atoms with Crippen molar-refractivity contribution in [3.05, 3.63) is 0 Å². The van der Waals surface area contributed by atoms with Gasteiger partial charge in [0.25, 0.3) is 5.91 Å². The van der Waals surface area contributed by atoms with Crippen LogP contribution in [0.4, 0.5) is 13.2 Å². The molecule has 1 amide bonds. The van der Waals surface area contributed by atoms with Crippen LogP contribution in [0.5, 0.6) is 0 Å². The van der Waals surface area contributed by atoms with E-state index in [0.717, 1.165) is 23.3 Å². The molecule has 3 nitrogen and oxygen atoms in total. The maximum Gasteiger partial charge on any atom is 0.401 e. The van der Waals surface area contributed by atoms with Crippen molar-refractivity contribution in [2.75, 3.05) is 13.1 Å². The number of nitrogens with zero attached hydrogens (tertiary/aromatic N) is 1. The van der Waals surface area contributed by atoms with Crippen molar-refractivity contribution in [2.24, 2.45) is 22.7 Å². The molecule has 2 aliphatic carbocycles. The topological polar surface area (TPSA) is 41.5 Å². The minimum absolute atomic E-state index is 0.172. The number of rotatable bonds is 6. The van der Waals surface area contributed by atoms with Gasteiger partial charge in [0.1, 0.15) is 4.75 Å². The molecule has 7 heteroatoms. The Kier molecular flexibility index (Phi) is 4.80. The second-order valence-electron chi connectivity index (χ2n) is 7.32. The SMILES string of the molecule is CC1(CCNCC(F)(F)F)SC(CC2CC3CCC2C3)=NC1=O. The van der Waals surface area contributed by atoms with Crippen molar-refractivity contribution < 1.29 is 18.0 Å². The summed E-state index contributed by atoms with van der Waals surface area (Å²) in [6.45, 7) is 0.957. The lowest BCUT2D eigenvalue weighted by Crippen LogP contribution is -2.35. The van der Waals surface area contributed by atoms with Gasteiger partial charge >= 0.3 is 6.18 Å². The molecular formula is C16H23F3N2OS. The first kappa shape index (κ1) is 17.3. The first-order chi connectivity index (χ1) is 10.8. The van der Waals surface area contributed by atoms with Crippen LogP contribution in [0.15, 0.2) is 4.99 Å². The summed E-state index contributed by atoms with van der Waals surface area (Å²) in [5.74, 6) is 2.12. The van der Waals surface area contributed by atoms with E-state index in [4.69, 9.17) is 0 Å². The van der Waals surface area contributed by atoms with Gasteiger partial charge in [-0.15, -0.1) is 0 Å². The normalized spacial score (nSPS) is 36.8. The summed E-state index contributed by atoms with van der Waals surface area (Å²) >= 11 is 1.47. The Balaban J connectivity index is 1.46. The van der Waals surface area contributed by atoms with Crippen LogP contribution in [0, 0.1) is 17.8 Å². The Morgan fingerprint density at radius 3 is 2.74 bits per heavy atom. The zero-order valence-electron chi connectivity index (χ0n) is 13.3. The third kappa shape index (κ3) is 4.10. The lowest BCUT2D eigenvalue weighted by molar-refractivity contribution is -0.124. The molecule has 23 heavy (non-hydrogen) atoms. The molecule has 0 saturated heterocycles. The maximum atomic E-state index is 12.2. The number of alkyl halides is 3. The van der Waals surface area contributed by atoms with Gasteiger partial charge in [-0.25, -0.2) is 4.99 Å². The van der Waals surface area contributed by atoms with Crippen LogP contribution in [0.2, 0.25) is 0 Å². The molecule has 0 spiro atoms. The average molecular weight is 348 g/mol. The second-order valence-corrected chi connectivity index (χ2v) is 8.90. The Labute approximate surface area is 138 Å². The standard InChI is InChI=1S/C16H23F3N2OS/c1-15(4-5-20-9-16(17,18)19)14(22)21-13(23-15)8-12-7-10-2-3-11(12)6-10/h10-12,20H,2-9H2,1H3. The van der Waals surface area contributed by atoms with Gasteiger partial charge in [0.2, 0.25) is 0 Å². The minimum atomic E-state index is -4.21. The summed E-state index contributed by atoms with van der Waals surface area (Å²) in [7, 11) is 0. The van der Waals surface area contributed by atoms with Gasteiger partial charge in [0, 0.05) is 0 Å². The van der Waals surface area contributed by atoms with E-state index in [0.29, 0.717) is 12.3 Å². The monoisotopic (exact) mass is 348 g/mol. The summed E-state index contributed by atoms with van der Waals surface area (Å²) in [6.07, 6.45) is 2.27. The van der Waals surface area contributed by atoms with Gasteiger partial charge in [-0.1, -0.05) is 18.2 Å². The highest BCUT2D eigenvalue weighted by atomic mass is 32.2. The lowest BCUT2D eigenvalue weighted by Gasteiger charge is -2.23. The number of halogens is 3. The molecule has 2 bridgehead atoms.